The molecule has 1 unspecified atom stereocenters. The molecule has 0 radical (unpaired) electrons. The average molecular weight is 291 g/mol. The van der Waals surface area contributed by atoms with E-state index in [1.807, 2.05) is 0 Å². The van der Waals surface area contributed by atoms with Crippen LogP contribution in [-0.4, -0.2) is 33.2 Å². The van der Waals surface area contributed by atoms with Crippen LogP contribution in [0.25, 0.3) is 0 Å². The molecule has 1 fully saturated rings. The Hall–Kier alpha value is -0.690. The normalized spacial score (nSPS) is 20.8. The van der Waals surface area contributed by atoms with Crippen LogP contribution in [-0.2, 0) is 14.8 Å². The standard InChI is InChI=1S/C11H15ClN2O3S/c12-10-3-4-13-7-11(10)18(15,16)14-6-9-2-1-5-17-8-9/h3-4,7,9,14H,1-2,5-6,8H2. The minimum absolute atomic E-state index is 0.0170. The lowest BCUT2D eigenvalue weighted by Gasteiger charge is -2.22. The molecule has 0 bridgehead atoms. The molecule has 1 aromatic heterocycles. The number of nitrogens with zero attached hydrogens (tertiary/aromatic N) is 1. The van der Waals surface area contributed by atoms with Gasteiger partial charge in [-0.2, -0.15) is 0 Å². The van der Waals surface area contributed by atoms with Gasteiger partial charge in [0.25, 0.3) is 0 Å². The molecule has 100 valence electrons. The first-order chi connectivity index (χ1) is 8.59. The van der Waals surface area contributed by atoms with Crippen molar-refractivity contribution in [3.63, 3.8) is 0 Å². The van der Waals surface area contributed by atoms with Crippen molar-refractivity contribution in [1.29, 1.82) is 0 Å². The summed E-state index contributed by atoms with van der Waals surface area (Å²) in [6, 6.07) is 1.46. The largest absolute Gasteiger partial charge is 0.381 e. The minimum atomic E-state index is -3.59. The monoisotopic (exact) mass is 290 g/mol. The number of rotatable bonds is 4. The Morgan fingerprint density at radius 3 is 3.06 bits per heavy atom. The number of halogens is 1. The highest BCUT2D eigenvalue weighted by atomic mass is 35.5. The third-order valence-corrected chi connectivity index (χ3v) is 4.73. The highest BCUT2D eigenvalue weighted by molar-refractivity contribution is 7.89. The second-order valence-electron chi connectivity index (χ2n) is 4.24. The van der Waals surface area contributed by atoms with E-state index in [2.05, 4.69) is 9.71 Å². The zero-order chi connectivity index (χ0) is 13.0. The summed E-state index contributed by atoms with van der Waals surface area (Å²) in [5, 5.41) is 0.178. The predicted octanol–water partition coefficient (Wildman–Crippen LogP) is 1.44. The van der Waals surface area contributed by atoms with Crippen LogP contribution in [0.2, 0.25) is 5.02 Å². The molecule has 1 aromatic rings. The van der Waals surface area contributed by atoms with Crippen molar-refractivity contribution < 1.29 is 13.2 Å². The molecular weight excluding hydrogens is 276 g/mol. The lowest BCUT2D eigenvalue weighted by molar-refractivity contribution is 0.0568. The Bertz CT molecular complexity index is 501. The van der Waals surface area contributed by atoms with Gasteiger partial charge in [0.15, 0.2) is 0 Å². The van der Waals surface area contributed by atoms with Gasteiger partial charge >= 0.3 is 0 Å². The molecule has 5 nitrogen and oxygen atoms in total. The van der Waals surface area contributed by atoms with Crippen molar-refractivity contribution >= 4 is 21.6 Å². The summed E-state index contributed by atoms with van der Waals surface area (Å²) in [6.07, 6.45) is 4.65. The summed E-state index contributed by atoms with van der Waals surface area (Å²) in [4.78, 5) is 3.80. The van der Waals surface area contributed by atoms with Gasteiger partial charge in [0.2, 0.25) is 10.0 Å². The SMILES string of the molecule is O=S(=O)(NCC1CCCOC1)c1cnccc1Cl. The molecule has 1 atom stereocenters. The quantitative estimate of drug-likeness (QED) is 0.911. The van der Waals surface area contributed by atoms with Gasteiger partial charge in [0.1, 0.15) is 4.90 Å². The lowest BCUT2D eigenvalue weighted by Crippen LogP contribution is -2.33. The van der Waals surface area contributed by atoms with E-state index in [0.29, 0.717) is 13.2 Å². The van der Waals surface area contributed by atoms with Gasteiger partial charge in [-0.1, -0.05) is 11.6 Å². The highest BCUT2D eigenvalue weighted by Crippen LogP contribution is 2.20. The third-order valence-electron chi connectivity index (χ3n) is 2.84. The van der Waals surface area contributed by atoms with Gasteiger partial charge in [-0.05, 0) is 24.8 Å². The number of nitrogens with one attached hydrogen (secondary N) is 1. The smallest absolute Gasteiger partial charge is 0.243 e. The van der Waals surface area contributed by atoms with E-state index in [4.69, 9.17) is 16.3 Å². The van der Waals surface area contributed by atoms with Crippen LogP contribution in [0.3, 0.4) is 0 Å². The van der Waals surface area contributed by atoms with Crippen LogP contribution < -0.4 is 4.72 Å². The molecule has 0 aliphatic carbocycles. The predicted molar refractivity (Wildman–Crippen MR) is 68.0 cm³/mol. The van der Waals surface area contributed by atoms with E-state index in [9.17, 15) is 8.42 Å². The van der Waals surface area contributed by atoms with E-state index in [0.717, 1.165) is 19.4 Å². The summed E-state index contributed by atoms with van der Waals surface area (Å²) >= 11 is 5.85. The fraction of sp³-hybridized carbons (Fsp3) is 0.545. The fourth-order valence-corrected chi connectivity index (χ4v) is 3.38. The number of sulfonamides is 1. The zero-order valence-electron chi connectivity index (χ0n) is 9.80. The molecule has 0 amide bonds. The molecule has 18 heavy (non-hydrogen) atoms. The Labute approximate surface area is 112 Å². The number of hydrogen-bond donors (Lipinski definition) is 1. The first-order valence-corrected chi connectivity index (χ1v) is 7.62. The number of ether oxygens (including phenoxy) is 1. The molecule has 1 aliphatic heterocycles. The Morgan fingerprint density at radius 1 is 1.56 bits per heavy atom. The van der Waals surface area contributed by atoms with E-state index < -0.39 is 10.0 Å². The van der Waals surface area contributed by atoms with Gasteiger partial charge in [-0.15, -0.1) is 0 Å². The van der Waals surface area contributed by atoms with Gasteiger partial charge in [0, 0.05) is 25.5 Å². The molecule has 1 aliphatic rings. The molecule has 0 aromatic carbocycles. The number of hydrogen-bond acceptors (Lipinski definition) is 4. The van der Waals surface area contributed by atoms with Crippen molar-refractivity contribution in [2.75, 3.05) is 19.8 Å². The van der Waals surface area contributed by atoms with E-state index in [1.54, 1.807) is 0 Å². The molecule has 7 heteroatoms. The van der Waals surface area contributed by atoms with E-state index in [-0.39, 0.29) is 15.8 Å². The maximum absolute atomic E-state index is 12.0. The van der Waals surface area contributed by atoms with Gasteiger partial charge < -0.3 is 4.74 Å². The van der Waals surface area contributed by atoms with Crippen molar-refractivity contribution in [3.8, 4) is 0 Å². The van der Waals surface area contributed by atoms with E-state index >= 15 is 0 Å². The number of pyridine rings is 1. The molecule has 0 spiro atoms. The third kappa shape index (κ3) is 3.41. The second kappa shape index (κ2) is 5.97. The molecule has 1 saturated heterocycles. The minimum Gasteiger partial charge on any atom is -0.381 e. The summed E-state index contributed by atoms with van der Waals surface area (Å²) in [5.74, 6) is 0.226. The lowest BCUT2D eigenvalue weighted by atomic mass is 10.0. The van der Waals surface area contributed by atoms with Crippen LogP contribution in [0, 0.1) is 5.92 Å². The highest BCUT2D eigenvalue weighted by Gasteiger charge is 2.21. The summed E-state index contributed by atoms with van der Waals surface area (Å²) < 4.78 is 31.9. The first-order valence-electron chi connectivity index (χ1n) is 5.76. The fourth-order valence-electron chi connectivity index (χ4n) is 1.83. The summed E-state index contributed by atoms with van der Waals surface area (Å²) in [5.41, 5.74) is 0. The van der Waals surface area contributed by atoms with Gasteiger partial charge in [-0.25, -0.2) is 13.1 Å². The Morgan fingerprint density at radius 2 is 2.39 bits per heavy atom. The van der Waals surface area contributed by atoms with Crippen molar-refractivity contribution in [2.45, 2.75) is 17.7 Å². The maximum Gasteiger partial charge on any atom is 0.243 e. The Balaban J connectivity index is 2.01. The maximum atomic E-state index is 12.0. The van der Waals surface area contributed by atoms with Gasteiger partial charge in [0.05, 0.1) is 11.6 Å². The van der Waals surface area contributed by atoms with Crippen molar-refractivity contribution in [3.05, 3.63) is 23.5 Å². The first kappa shape index (κ1) is 13.7. The van der Waals surface area contributed by atoms with Gasteiger partial charge in [-0.3, -0.25) is 4.98 Å². The van der Waals surface area contributed by atoms with Crippen LogP contribution >= 0.6 is 11.6 Å². The van der Waals surface area contributed by atoms with E-state index in [1.165, 1.54) is 18.5 Å². The second-order valence-corrected chi connectivity index (χ2v) is 6.38. The zero-order valence-corrected chi connectivity index (χ0v) is 11.4. The molecule has 1 N–H and O–H groups in total. The van der Waals surface area contributed by atoms with Crippen LogP contribution in [0.1, 0.15) is 12.8 Å². The van der Waals surface area contributed by atoms with Crippen molar-refractivity contribution in [2.24, 2.45) is 5.92 Å². The molecular formula is C11H15ClN2O3S. The average Bonchev–Trinajstić information content (AvgIpc) is 2.38. The summed E-state index contributed by atoms with van der Waals surface area (Å²) in [7, 11) is -3.59. The van der Waals surface area contributed by atoms with Crippen molar-refractivity contribution in [1.82, 2.24) is 9.71 Å². The summed E-state index contributed by atoms with van der Waals surface area (Å²) in [6.45, 7) is 1.73. The molecule has 2 rings (SSSR count). The molecule has 0 saturated carbocycles. The molecule has 2 heterocycles. The van der Waals surface area contributed by atoms with Crippen LogP contribution in [0.4, 0.5) is 0 Å². The van der Waals surface area contributed by atoms with Crippen LogP contribution in [0.5, 0.6) is 0 Å². The van der Waals surface area contributed by atoms with Crippen LogP contribution in [0.15, 0.2) is 23.4 Å². The Kier molecular flexibility index (Phi) is 4.55. The number of aromatic nitrogens is 1. The topological polar surface area (TPSA) is 68.3 Å².